The van der Waals surface area contributed by atoms with Crippen LogP contribution < -0.4 is 0 Å². The Labute approximate surface area is 99.5 Å². The summed E-state index contributed by atoms with van der Waals surface area (Å²) in [5, 5.41) is 11.1. The van der Waals surface area contributed by atoms with E-state index < -0.39 is 4.92 Å². The molecule has 6 heteroatoms. The fourth-order valence-electron chi connectivity index (χ4n) is 1.07. The van der Waals surface area contributed by atoms with E-state index in [4.69, 9.17) is 11.6 Å². The highest BCUT2D eigenvalue weighted by molar-refractivity contribution is 9.09. The number of nitro benzene ring substituents is 1. The minimum absolute atomic E-state index is 0.0585. The summed E-state index contributed by atoms with van der Waals surface area (Å²) in [5.41, 5.74) is 0.423. The zero-order valence-corrected chi connectivity index (χ0v) is 9.92. The first-order valence-electron chi connectivity index (χ1n) is 4.05. The maximum atomic E-state index is 11.1. The van der Waals surface area contributed by atoms with Crippen LogP contribution in [0.25, 0.3) is 0 Å². The number of Topliss-reactive ketones (excluding diaryl/α,β-unsaturated/α-hetero) is 1. The molecule has 0 saturated heterocycles. The Hall–Kier alpha value is -0.940. The van der Waals surface area contributed by atoms with Crippen LogP contribution >= 0.6 is 27.5 Å². The normalized spacial score (nSPS) is 10.0. The lowest BCUT2D eigenvalue weighted by molar-refractivity contribution is -0.384. The molecule has 0 aliphatic rings. The van der Waals surface area contributed by atoms with Crippen LogP contribution in [0.5, 0.6) is 0 Å². The molecule has 0 radical (unpaired) electrons. The van der Waals surface area contributed by atoms with Gasteiger partial charge in [0.1, 0.15) is 5.78 Å². The first-order chi connectivity index (χ1) is 7.04. The van der Waals surface area contributed by atoms with Crippen LogP contribution in [0.3, 0.4) is 0 Å². The Morgan fingerprint density at radius 3 is 2.73 bits per heavy atom. The standard InChI is InChI=1S/C9H7BrClNO3/c10-5-8(13)4-6-3-7(12(14)15)1-2-9(6)11/h1-3H,4-5H2. The molecule has 0 N–H and O–H groups in total. The number of nitro groups is 1. The molecule has 0 unspecified atom stereocenters. The van der Waals surface area contributed by atoms with Gasteiger partial charge in [-0.25, -0.2) is 0 Å². The van der Waals surface area contributed by atoms with Gasteiger partial charge in [0, 0.05) is 23.6 Å². The van der Waals surface area contributed by atoms with Crippen molar-refractivity contribution in [1.29, 1.82) is 0 Å². The molecule has 0 heterocycles. The van der Waals surface area contributed by atoms with Crippen molar-refractivity contribution in [3.05, 3.63) is 38.9 Å². The zero-order chi connectivity index (χ0) is 11.4. The Kier molecular flexibility index (Phi) is 4.23. The first-order valence-corrected chi connectivity index (χ1v) is 5.55. The lowest BCUT2D eigenvalue weighted by Gasteiger charge is -2.01. The van der Waals surface area contributed by atoms with Gasteiger partial charge in [0.05, 0.1) is 10.3 Å². The molecule has 0 bridgehead atoms. The van der Waals surface area contributed by atoms with Crippen molar-refractivity contribution in [2.45, 2.75) is 6.42 Å². The van der Waals surface area contributed by atoms with Gasteiger partial charge in [-0.15, -0.1) is 0 Å². The summed E-state index contributed by atoms with van der Waals surface area (Å²) in [4.78, 5) is 21.1. The number of hydrogen-bond donors (Lipinski definition) is 0. The third-order valence-electron chi connectivity index (χ3n) is 1.78. The van der Waals surface area contributed by atoms with Gasteiger partial charge in [0.2, 0.25) is 0 Å². The Balaban J connectivity index is 3.00. The van der Waals surface area contributed by atoms with E-state index in [1.54, 1.807) is 0 Å². The number of carbonyl (C=O) groups excluding carboxylic acids is 1. The van der Waals surface area contributed by atoms with Gasteiger partial charge in [0.25, 0.3) is 5.69 Å². The van der Waals surface area contributed by atoms with Crippen LogP contribution in [0.2, 0.25) is 5.02 Å². The van der Waals surface area contributed by atoms with Crippen LogP contribution in [0.4, 0.5) is 5.69 Å². The SMILES string of the molecule is O=C(CBr)Cc1cc([N+](=O)[O-])ccc1Cl. The highest BCUT2D eigenvalue weighted by Gasteiger charge is 2.11. The van der Waals surface area contributed by atoms with E-state index in [2.05, 4.69) is 15.9 Å². The maximum absolute atomic E-state index is 11.1. The summed E-state index contributed by atoms with van der Waals surface area (Å²) < 4.78 is 0. The van der Waals surface area contributed by atoms with Gasteiger partial charge in [0.15, 0.2) is 0 Å². The minimum atomic E-state index is -0.515. The lowest BCUT2D eigenvalue weighted by Crippen LogP contribution is -2.04. The monoisotopic (exact) mass is 291 g/mol. The second-order valence-electron chi connectivity index (χ2n) is 2.88. The second-order valence-corrected chi connectivity index (χ2v) is 3.85. The number of nitrogens with zero attached hydrogens (tertiary/aromatic N) is 1. The van der Waals surface area contributed by atoms with Crippen molar-refractivity contribution >= 4 is 39.0 Å². The number of ketones is 1. The Bertz CT molecular complexity index is 408. The molecule has 80 valence electrons. The molecule has 0 fully saturated rings. The van der Waals surface area contributed by atoms with Crippen molar-refractivity contribution in [3.63, 3.8) is 0 Å². The van der Waals surface area contributed by atoms with Crippen molar-refractivity contribution in [2.24, 2.45) is 0 Å². The average Bonchev–Trinajstić information content (AvgIpc) is 2.20. The summed E-state index contributed by atoms with van der Waals surface area (Å²) in [6.45, 7) is 0. The largest absolute Gasteiger partial charge is 0.298 e. The predicted molar refractivity (Wildman–Crippen MR) is 60.6 cm³/mol. The van der Waals surface area contributed by atoms with Gasteiger partial charge in [-0.1, -0.05) is 27.5 Å². The number of benzene rings is 1. The predicted octanol–water partition coefficient (Wildman–Crippen LogP) is 2.75. The summed E-state index contributed by atoms with van der Waals surface area (Å²) in [5.74, 6) is -0.0719. The average molecular weight is 293 g/mol. The van der Waals surface area contributed by atoms with Gasteiger partial charge in [-0.05, 0) is 11.6 Å². The third-order valence-corrected chi connectivity index (χ3v) is 2.77. The highest BCUT2D eigenvalue weighted by atomic mass is 79.9. The smallest absolute Gasteiger partial charge is 0.269 e. The number of non-ortho nitro benzene ring substituents is 1. The Morgan fingerprint density at radius 2 is 2.20 bits per heavy atom. The van der Waals surface area contributed by atoms with E-state index in [0.717, 1.165) is 0 Å². The fourth-order valence-corrected chi connectivity index (χ4v) is 1.45. The van der Waals surface area contributed by atoms with E-state index in [0.29, 0.717) is 10.6 Å². The molecule has 0 amide bonds. The summed E-state index contributed by atoms with van der Waals surface area (Å²) in [6.07, 6.45) is 0.103. The van der Waals surface area contributed by atoms with Crippen molar-refractivity contribution in [1.82, 2.24) is 0 Å². The van der Waals surface area contributed by atoms with Crippen molar-refractivity contribution < 1.29 is 9.72 Å². The molecule has 0 atom stereocenters. The summed E-state index contributed by atoms with van der Waals surface area (Å²) in [7, 11) is 0. The fraction of sp³-hybridized carbons (Fsp3) is 0.222. The summed E-state index contributed by atoms with van der Waals surface area (Å²) in [6, 6.07) is 4.06. The molecular formula is C9H7BrClNO3. The number of hydrogen-bond acceptors (Lipinski definition) is 3. The molecule has 15 heavy (non-hydrogen) atoms. The quantitative estimate of drug-likeness (QED) is 0.487. The highest BCUT2D eigenvalue weighted by Crippen LogP contribution is 2.22. The van der Waals surface area contributed by atoms with E-state index in [9.17, 15) is 14.9 Å². The van der Waals surface area contributed by atoms with Crippen LogP contribution in [-0.4, -0.2) is 16.0 Å². The van der Waals surface area contributed by atoms with Crippen molar-refractivity contribution in [3.8, 4) is 0 Å². The zero-order valence-electron chi connectivity index (χ0n) is 7.57. The molecule has 0 aliphatic heterocycles. The molecule has 0 aliphatic carbocycles. The topological polar surface area (TPSA) is 60.2 Å². The number of halogens is 2. The lowest BCUT2D eigenvalue weighted by atomic mass is 10.1. The van der Waals surface area contributed by atoms with Gasteiger partial charge in [-0.3, -0.25) is 14.9 Å². The maximum Gasteiger partial charge on any atom is 0.269 e. The van der Waals surface area contributed by atoms with E-state index in [-0.39, 0.29) is 23.2 Å². The van der Waals surface area contributed by atoms with Gasteiger partial charge < -0.3 is 0 Å². The molecule has 0 aromatic heterocycles. The molecule has 0 spiro atoms. The number of carbonyl (C=O) groups is 1. The molecule has 1 aromatic rings. The van der Waals surface area contributed by atoms with E-state index in [1.165, 1.54) is 18.2 Å². The van der Waals surface area contributed by atoms with Crippen LogP contribution in [0.1, 0.15) is 5.56 Å². The van der Waals surface area contributed by atoms with Crippen molar-refractivity contribution in [2.75, 3.05) is 5.33 Å². The molecule has 1 aromatic carbocycles. The molecule has 1 rings (SSSR count). The number of rotatable bonds is 4. The molecule has 4 nitrogen and oxygen atoms in total. The van der Waals surface area contributed by atoms with Gasteiger partial charge >= 0.3 is 0 Å². The van der Waals surface area contributed by atoms with Crippen LogP contribution in [0.15, 0.2) is 18.2 Å². The second kappa shape index (κ2) is 5.23. The molecular weight excluding hydrogens is 285 g/mol. The van der Waals surface area contributed by atoms with E-state index in [1.807, 2.05) is 0 Å². The minimum Gasteiger partial charge on any atom is -0.298 e. The van der Waals surface area contributed by atoms with Gasteiger partial charge in [-0.2, -0.15) is 0 Å². The van der Waals surface area contributed by atoms with Crippen LogP contribution in [0, 0.1) is 10.1 Å². The number of alkyl halides is 1. The summed E-state index contributed by atoms with van der Waals surface area (Å²) >= 11 is 8.83. The third kappa shape index (κ3) is 3.28. The molecule has 0 saturated carbocycles. The Morgan fingerprint density at radius 1 is 1.53 bits per heavy atom. The first kappa shape index (κ1) is 12.1. The van der Waals surface area contributed by atoms with E-state index >= 15 is 0 Å². The van der Waals surface area contributed by atoms with Crippen LogP contribution in [-0.2, 0) is 11.2 Å².